The van der Waals surface area contributed by atoms with Crippen LogP contribution in [0.15, 0.2) is 6.20 Å². The van der Waals surface area contributed by atoms with Crippen LogP contribution >= 0.6 is 23.2 Å². The third-order valence-corrected chi connectivity index (χ3v) is 2.98. The summed E-state index contributed by atoms with van der Waals surface area (Å²) >= 11 is 11.8. The quantitative estimate of drug-likeness (QED) is 0.715. The second-order valence-corrected chi connectivity index (χ2v) is 4.34. The molecule has 1 unspecified atom stereocenters. The van der Waals surface area contributed by atoms with Gasteiger partial charge in [0.15, 0.2) is 0 Å². The molecular formula is C10H16Cl2N2. The fraction of sp³-hybridized carbons (Fsp3) is 0.700. The number of aryl methyl sites for hydroxylation is 1. The summed E-state index contributed by atoms with van der Waals surface area (Å²) in [7, 11) is 0. The summed E-state index contributed by atoms with van der Waals surface area (Å²) in [5.74, 6) is 1.11. The summed E-state index contributed by atoms with van der Waals surface area (Å²) in [6.07, 6.45) is 3.69. The van der Waals surface area contributed by atoms with Gasteiger partial charge in [-0.15, -0.1) is 11.6 Å². The van der Waals surface area contributed by atoms with Crippen molar-refractivity contribution in [3.63, 3.8) is 0 Å². The lowest BCUT2D eigenvalue weighted by molar-refractivity contribution is 0.539. The molecule has 0 radical (unpaired) electrons. The van der Waals surface area contributed by atoms with Gasteiger partial charge in [-0.2, -0.15) is 5.10 Å². The predicted octanol–water partition coefficient (Wildman–Crippen LogP) is 3.36. The number of hydrogen-bond acceptors (Lipinski definition) is 1. The van der Waals surface area contributed by atoms with Crippen LogP contribution in [-0.2, 0) is 13.0 Å². The minimum Gasteiger partial charge on any atom is -0.268 e. The number of hydrogen-bond donors (Lipinski definition) is 0. The second kappa shape index (κ2) is 5.62. The Bertz CT molecular complexity index is 284. The number of halogens is 2. The van der Waals surface area contributed by atoms with Gasteiger partial charge in [0, 0.05) is 12.4 Å². The van der Waals surface area contributed by atoms with Crippen molar-refractivity contribution in [3.05, 3.63) is 16.9 Å². The lowest BCUT2D eigenvalue weighted by atomic mass is 10.1. The van der Waals surface area contributed by atoms with Gasteiger partial charge < -0.3 is 0 Å². The minimum absolute atomic E-state index is 0.446. The van der Waals surface area contributed by atoms with E-state index in [4.69, 9.17) is 23.2 Å². The monoisotopic (exact) mass is 234 g/mol. The van der Waals surface area contributed by atoms with E-state index < -0.39 is 0 Å². The molecule has 0 aromatic carbocycles. The van der Waals surface area contributed by atoms with Crippen LogP contribution < -0.4 is 0 Å². The first-order valence-electron chi connectivity index (χ1n) is 4.95. The van der Waals surface area contributed by atoms with E-state index in [1.807, 2.05) is 4.68 Å². The molecule has 0 amide bonds. The molecule has 80 valence electrons. The van der Waals surface area contributed by atoms with Crippen molar-refractivity contribution in [2.75, 3.05) is 5.88 Å². The zero-order valence-electron chi connectivity index (χ0n) is 8.63. The number of aromatic nitrogens is 2. The summed E-state index contributed by atoms with van der Waals surface area (Å²) in [6, 6.07) is 0. The largest absolute Gasteiger partial charge is 0.268 e. The van der Waals surface area contributed by atoms with Crippen LogP contribution in [0.5, 0.6) is 0 Å². The van der Waals surface area contributed by atoms with Gasteiger partial charge in [0.05, 0.1) is 16.9 Å². The Labute approximate surface area is 95.2 Å². The fourth-order valence-corrected chi connectivity index (χ4v) is 1.71. The summed E-state index contributed by atoms with van der Waals surface area (Å²) in [5, 5.41) is 4.99. The van der Waals surface area contributed by atoms with Crippen molar-refractivity contribution in [3.8, 4) is 0 Å². The van der Waals surface area contributed by atoms with Gasteiger partial charge in [-0.1, -0.05) is 25.4 Å². The minimum atomic E-state index is 0.446. The maximum absolute atomic E-state index is 6.06. The summed E-state index contributed by atoms with van der Waals surface area (Å²) in [6.45, 7) is 5.17. The molecule has 1 heterocycles. The molecule has 0 bridgehead atoms. The highest BCUT2D eigenvalue weighted by atomic mass is 35.5. The Morgan fingerprint density at radius 1 is 1.57 bits per heavy atom. The van der Waals surface area contributed by atoms with Gasteiger partial charge in [0.25, 0.3) is 0 Å². The van der Waals surface area contributed by atoms with E-state index in [9.17, 15) is 0 Å². The van der Waals surface area contributed by atoms with E-state index in [0.29, 0.717) is 11.8 Å². The summed E-state index contributed by atoms with van der Waals surface area (Å²) in [4.78, 5) is 0. The molecule has 0 saturated carbocycles. The van der Waals surface area contributed by atoms with E-state index in [1.165, 1.54) is 0 Å². The fourth-order valence-electron chi connectivity index (χ4n) is 1.38. The van der Waals surface area contributed by atoms with Crippen molar-refractivity contribution < 1.29 is 0 Å². The van der Waals surface area contributed by atoms with E-state index in [1.54, 1.807) is 6.20 Å². The molecule has 0 aliphatic heterocycles. The topological polar surface area (TPSA) is 17.8 Å². The maximum atomic E-state index is 6.06. The summed E-state index contributed by atoms with van der Waals surface area (Å²) in [5.41, 5.74) is 1.11. The Morgan fingerprint density at radius 2 is 2.29 bits per heavy atom. The van der Waals surface area contributed by atoms with Crippen LogP contribution in [0.2, 0.25) is 5.02 Å². The normalized spacial score (nSPS) is 13.1. The molecule has 0 aliphatic rings. The van der Waals surface area contributed by atoms with E-state index in [-0.39, 0.29) is 0 Å². The van der Waals surface area contributed by atoms with Crippen LogP contribution in [0, 0.1) is 5.92 Å². The molecule has 0 fully saturated rings. The molecule has 1 atom stereocenters. The molecule has 0 aliphatic carbocycles. The van der Waals surface area contributed by atoms with E-state index in [2.05, 4.69) is 18.9 Å². The van der Waals surface area contributed by atoms with Crippen molar-refractivity contribution in [2.45, 2.75) is 33.2 Å². The first-order chi connectivity index (χ1) is 6.69. The third kappa shape index (κ3) is 2.89. The Balaban J connectivity index is 2.76. The van der Waals surface area contributed by atoms with Gasteiger partial charge in [-0.25, -0.2) is 0 Å². The van der Waals surface area contributed by atoms with Gasteiger partial charge >= 0.3 is 0 Å². The maximum Gasteiger partial charge on any atom is 0.0817 e. The van der Waals surface area contributed by atoms with Crippen LogP contribution in [0.1, 0.15) is 26.0 Å². The highest BCUT2D eigenvalue weighted by molar-refractivity contribution is 6.31. The SMILES string of the molecule is CCCn1ncc(Cl)c1CC(C)CCl. The van der Waals surface area contributed by atoms with Gasteiger partial charge in [0.2, 0.25) is 0 Å². The van der Waals surface area contributed by atoms with E-state index >= 15 is 0 Å². The summed E-state index contributed by atoms with van der Waals surface area (Å²) < 4.78 is 1.98. The molecule has 1 aromatic rings. The lowest BCUT2D eigenvalue weighted by Crippen LogP contribution is -2.09. The van der Waals surface area contributed by atoms with Crippen molar-refractivity contribution in [2.24, 2.45) is 5.92 Å². The first-order valence-corrected chi connectivity index (χ1v) is 5.86. The highest BCUT2D eigenvalue weighted by Gasteiger charge is 2.11. The molecule has 0 saturated heterocycles. The smallest absolute Gasteiger partial charge is 0.0817 e. The zero-order valence-corrected chi connectivity index (χ0v) is 10.1. The van der Waals surface area contributed by atoms with Crippen LogP contribution in [0.25, 0.3) is 0 Å². The van der Waals surface area contributed by atoms with E-state index in [0.717, 1.165) is 30.1 Å². The average Bonchev–Trinajstić information content (AvgIpc) is 2.50. The van der Waals surface area contributed by atoms with Gasteiger partial charge in [-0.3, -0.25) is 4.68 Å². The van der Waals surface area contributed by atoms with Crippen LogP contribution in [0.3, 0.4) is 0 Å². The Morgan fingerprint density at radius 3 is 2.86 bits per heavy atom. The number of alkyl halides is 1. The molecule has 4 heteroatoms. The molecule has 0 spiro atoms. The van der Waals surface area contributed by atoms with Crippen LogP contribution in [0.4, 0.5) is 0 Å². The van der Waals surface area contributed by atoms with Crippen molar-refractivity contribution >= 4 is 23.2 Å². The molecule has 1 aromatic heterocycles. The van der Waals surface area contributed by atoms with Crippen molar-refractivity contribution in [1.29, 1.82) is 0 Å². The Hall–Kier alpha value is -0.210. The average molecular weight is 235 g/mol. The third-order valence-electron chi connectivity index (χ3n) is 2.14. The van der Waals surface area contributed by atoms with Crippen molar-refractivity contribution in [1.82, 2.24) is 9.78 Å². The van der Waals surface area contributed by atoms with Gasteiger partial charge in [0.1, 0.15) is 0 Å². The highest BCUT2D eigenvalue weighted by Crippen LogP contribution is 2.19. The molecule has 1 rings (SSSR count). The molecule has 2 nitrogen and oxygen atoms in total. The lowest BCUT2D eigenvalue weighted by Gasteiger charge is -2.10. The second-order valence-electron chi connectivity index (χ2n) is 3.63. The molecular weight excluding hydrogens is 219 g/mol. The Kier molecular flexibility index (Phi) is 4.76. The molecule has 14 heavy (non-hydrogen) atoms. The van der Waals surface area contributed by atoms with Crippen LogP contribution in [-0.4, -0.2) is 15.7 Å². The molecule has 0 N–H and O–H groups in total. The number of nitrogens with zero attached hydrogens (tertiary/aromatic N) is 2. The van der Waals surface area contributed by atoms with Gasteiger partial charge in [-0.05, 0) is 18.8 Å². The standard InChI is InChI=1S/C10H16Cl2N2/c1-3-4-14-10(5-8(2)6-11)9(12)7-13-14/h7-8H,3-6H2,1-2H3. The predicted molar refractivity (Wildman–Crippen MR) is 61.1 cm³/mol. The number of rotatable bonds is 5. The zero-order chi connectivity index (χ0) is 10.6. The first kappa shape index (κ1) is 11.9.